The molecule has 0 saturated carbocycles. The van der Waals surface area contributed by atoms with E-state index in [9.17, 15) is 18.7 Å². The average Bonchev–Trinajstić information content (AvgIpc) is 2.79. The number of hydrogen-bond donors (Lipinski definition) is 1. The van der Waals surface area contributed by atoms with Crippen LogP contribution in [0.15, 0.2) is 18.2 Å². The lowest BCUT2D eigenvalue weighted by Gasteiger charge is -2.20. The van der Waals surface area contributed by atoms with E-state index < -0.39 is 23.5 Å². The van der Waals surface area contributed by atoms with Gasteiger partial charge >= 0.3 is 5.97 Å². The fourth-order valence-electron chi connectivity index (χ4n) is 2.85. The molecule has 4 nitrogen and oxygen atoms in total. The van der Waals surface area contributed by atoms with E-state index in [2.05, 4.69) is 4.98 Å². The van der Waals surface area contributed by atoms with Gasteiger partial charge in [-0.2, -0.15) is 0 Å². The zero-order valence-corrected chi connectivity index (χ0v) is 11.4. The van der Waals surface area contributed by atoms with Crippen molar-refractivity contribution in [1.82, 2.24) is 9.55 Å². The third-order valence-electron chi connectivity index (χ3n) is 3.92. The van der Waals surface area contributed by atoms with E-state index in [0.717, 1.165) is 24.6 Å². The molecule has 1 aliphatic rings. The molecule has 1 atom stereocenters. The maximum absolute atomic E-state index is 13.9. The number of hydrogen-bond acceptors (Lipinski definition) is 2. The zero-order chi connectivity index (χ0) is 15.1. The molecule has 0 aliphatic carbocycles. The molecular weight excluding hydrogens is 278 g/mol. The van der Waals surface area contributed by atoms with Crippen LogP contribution in [0.25, 0.3) is 11.3 Å². The molecule has 1 aromatic heterocycles. The minimum atomic E-state index is -0.938. The monoisotopic (exact) mass is 292 g/mol. The smallest absolute Gasteiger partial charge is 0.314 e. The summed E-state index contributed by atoms with van der Waals surface area (Å²) in [5, 5.41) is 9.27. The van der Waals surface area contributed by atoms with Crippen molar-refractivity contribution in [2.45, 2.75) is 32.2 Å². The lowest BCUT2D eigenvalue weighted by molar-refractivity contribution is -0.139. The van der Waals surface area contributed by atoms with Crippen molar-refractivity contribution in [3.63, 3.8) is 0 Å². The van der Waals surface area contributed by atoms with Gasteiger partial charge in [-0.25, -0.2) is 13.8 Å². The van der Waals surface area contributed by atoms with Crippen molar-refractivity contribution in [3.05, 3.63) is 41.4 Å². The number of nitrogens with zero attached hydrogens (tertiary/aromatic N) is 2. The molecule has 0 saturated heterocycles. The second-order valence-corrected chi connectivity index (χ2v) is 5.21. The first-order valence-electron chi connectivity index (χ1n) is 6.74. The average molecular weight is 292 g/mol. The highest BCUT2D eigenvalue weighted by molar-refractivity contribution is 5.76. The molecule has 1 aromatic carbocycles. The Hall–Kier alpha value is -2.24. The number of carbonyl (C=O) groups is 1. The lowest BCUT2D eigenvalue weighted by atomic mass is 9.99. The SMILES string of the molecule is Cc1c(-c2cc(F)ccc2F)nc2n1CCCC2C(=O)O. The summed E-state index contributed by atoms with van der Waals surface area (Å²) < 4.78 is 29.1. The molecule has 6 heteroatoms. The number of fused-ring (bicyclic) bond motifs is 1. The Morgan fingerprint density at radius 3 is 2.90 bits per heavy atom. The third kappa shape index (κ3) is 2.20. The van der Waals surface area contributed by atoms with Crippen LogP contribution >= 0.6 is 0 Å². The molecule has 0 radical (unpaired) electrons. The highest BCUT2D eigenvalue weighted by atomic mass is 19.1. The number of rotatable bonds is 2. The van der Waals surface area contributed by atoms with E-state index in [1.165, 1.54) is 0 Å². The van der Waals surface area contributed by atoms with Gasteiger partial charge in [0.15, 0.2) is 0 Å². The van der Waals surface area contributed by atoms with Crippen LogP contribution in [0.1, 0.15) is 30.3 Å². The highest BCUT2D eigenvalue weighted by Gasteiger charge is 2.31. The van der Waals surface area contributed by atoms with Gasteiger partial charge in [0.1, 0.15) is 23.4 Å². The van der Waals surface area contributed by atoms with Gasteiger partial charge in [-0.1, -0.05) is 0 Å². The largest absolute Gasteiger partial charge is 0.481 e. The minimum absolute atomic E-state index is 0.0681. The van der Waals surface area contributed by atoms with Crippen molar-refractivity contribution >= 4 is 5.97 Å². The van der Waals surface area contributed by atoms with Gasteiger partial charge in [0.25, 0.3) is 0 Å². The lowest BCUT2D eigenvalue weighted by Crippen LogP contribution is -2.22. The maximum atomic E-state index is 13.9. The van der Waals surface area contributed by atoms with Crippen LogP contribution in [-0.4, -0.2) is 20.6 Å². The molecule has 0 spiro atoms. The Balaban J connectivity index is 2.18. The molecule has 1 N–H and O–H groups in total. The third-order valence-corrected chi connectivity index (χ3v) is 3.92. The highest BCUT2D eigenvalue weighted by Crippen LogP contribution is 2.34. The molecule has 0 bridgehead atoms. The number of benzene rings is 1. The molecule has 1 unspecified atom stereocenters. The first-order chi connectivity index (χ1) is 9.99. The number of halogens is 2. The molecule has 110 valence electrons. The number of aliphatic carboxylic acids is 1. The van der Waals surface area contributed by atoms with Crippen LogP contribution in [0.4, 0.5) is 8.78 Å². The summed E-state index contributed by atoms with van der Waals surface area (Å²) in [5.41, 5.74) is 1.05. The molecule has 0 fully saturated rings. The second kappa shape index (κ2) is 4.95. The number of imidazole rings is 1. The molecule has 2 heterocycles. The summed E-state index contributed by atoms with van der Waals surface area (Å²) in [6.07, 6.45) is 1.24. The Bertz CT molecular complexity index is 725. The van der Waals surface area contributed by atoms with Crippen LogP contribution in [0.5, 0.6) is 0 Å². The Labute approximate surface area is 120 Å². The summed E-state index contributed by atoms with van der Waals surface area (Å²) in [7, 11) is 0. The van der Waals surface area contributed by atoms with Crippen molar-refractivity contribution in [2.75, 3.05) is 0 Å². The maximum Gasteiger partial charge on any atom is 0.314 e. The van der Waals surface area contributed by atoms with E-state index in [1.54, 1.807) is 11.5 Å². The van der Waals surface area contributed by atoms with Gasteiger partial charge in [-0.05, 0) is 38.0 Å². The Morgan fingerprint density at radius 1 is 1.43 bits per heavy atom. The van der Waals surface area contributed by atoms with E-state index in [0.29, 0.717) is 30.2 Å². The van der Waals surface area contributed by atoms with Crippen LogP contribution in [-0.2, 0) is 11.3 Å². The van der Waals surface area contributed by atoms with Gasteiger partial charge in [-0.3, -0.25) is 4.79 Å². The van der Waals surface area contributed by atoms with Crippen molar-refractivity contribution in [2.24, 2.45) is 0 Å². The van der Waals surface area contributed by atoms with Gasteiger partial charge in [0.2, 0.25) is 0 Å². The van der Waals surface area contributed by atoms with Gasteiger partial charge < -0.3 is 9.67 Å². The minimum Gasteiger partial charge on any atom is -0.481 e. The first kappa shape index (κ1) is 13.7. The van der Waals surface area contributed by atoms with E-state index >= 15 is 0 Å². The van der Waals surface area contributed by atoms with E-state index in [1.807, 2.05) is 0 Å². The second-order valence-electron chi connectivity index (χ2n) is 5.21. The first-order valence-corrected chi connectivity index (χ1v) is 6.74. The molecule has 2 aromatic rings. The van der Waals surface area contributed by atoms with Gasteiger partial charge in [0, 0.05) is 17.8 Å². The number of carboxylic acids is 1. The number of carboxylic acid groups (broad SMARTS) is 1. The summed E-state index contributed by atoms with van der Waals surface area (Å²) in [4.78, 5) is 15.6. The molecular formula is C15H14F2N2O2. The van der Waals surface area contributed by atoms with Crippen LogP contribution in [0, 0.1) is 18.6 Å². The zero-order valence-electron chi connectivity index (χ0n) is 11.4. The predicted octanol–water partition coefficient (Wildman–Crippen LogP) is 3.10. The van der Waals surface area contributed by atoms with Gasteiger partial charge in [0.05, 0.1) is 5.69 Å². The predicted molar refractivity (Wildman–Crippen MR) is 71.9 cm³/mol. The van der Waals surface area contributed by atoms with Crippen molar-refractivity contribution < 1.29 is 18.7 Å². The standard InChI is InChI=1S/C15H14F2N2O2/c1-8-13(11-7-9(16)4-5-12(11)17)18-14-10(15(20)21)3-2-6-19(8)14/h4-5,7,10H,2-3,6H2,1H3,(H,20,21). The molecule has 1 aliphatic heterocycles. The van der Waals surface area contributed by atoms with Crippen LogP contribution in [0.2, 0.25) is 0 Å². The topological polar surface area (TPSA) is 55.1 Å². The van der Waals surface area contributed by atoms with Gasteiger partial charge in [-0.15, -0.1) is 0 Å². The Kier molecular flexibility index (Phi) is 3.23. The molecule has 21 heavy (non-hydrogen) atoms. The number of aromatic nitrogens is 2. The van der Waals surface area contributed by atoms with Crippen LogP contribution in [0.3, 0.4) is 0 Å². The summed E-state index contributed by atoms with van der Waals surface area (Å²) >= 11 is 0. The van der Waals surface area contributed by atoms with Crippen molar-refractivity contribution in [1.29, 1.82) is 0 Å². The fourth-order valence-corrected chi connectivity index (χ4v) is 2.85. The Morgan fingerprint density at radius 2 is 2.19 bits per heavy atom. The summed E-state index contributed by atoms with van der Waals surface area (Å²) in [6.45, 7) is 2.40. The fraction of sp³-hybridized carbons (Fsp3) is 0.333. The quantitative estimate of drug-likeness (QED) is 0.925. The van der Waals surface area contributed by atoms with E-state index in [-0.39, 0.29) is 5.56 Å². The summed E-state index contributed by atoms with van der Waals surface area (Å²) in [6, 6.07) is 3.19. The van der Waals surface area contributed by atoms with Crippen molar-refractivity contribution in [3.8, 4) is 11.3 Å². The van der Waals surface area contributed by atoms with E-state index in [4.69, 9.17) is 0 Å². The normalized spacial score (nSPS) is 17.6. The van der Waals surface area contributed by atoms with Crippen LogP contribution < -0.4 is 0 Å². The molecule has 0 amide bonds. The molecule has 3 rings (SSSR count). The summed E-state index contributed by atoms with van der Waals surface area (Å²) in [5.74, 6) is -2.33.